The molecule has 1 saturated heterocycles. The first kappa shape index (κ1) is 23.4. The van der Waals surface area contributed by atoms with Gasteiger partial charge in [0.2, 0.25) is 5.91 Å². The minimum absolute atomic E-state index is 0.0976. The lowest BCUT2D eigenvalue weighted by atomic mass is 10.1. The van der Waals surface area contributed by atoms with Crippen LogP contribution in [0.3, 0.4) is 0 Å². The van der Waals surface area contributed by atoms with Crippen molar-refractivity contribution in [1.82, 2.24) is 5.43 Å². The minimum atomic E-state index is -0.868. The summed E-state index contributed by atoms with van der Waals surface area (Å²) in [6, 6.07) is 18.5. The highest BCUT2D eigenvalue weighted by atomic mass is 127. The average molecular weight is 656 g/mol. The summed E-state index contributed by atoms with van der Waals surface area (Å²) in [6.07, 6.45) is 1.72. The Labute approximate surface area is 214 Å². The van der Waals surface area contributed by atoms with E-state index in [0.29, 0.717) is 19.8 Å². The molecule has 4 rings (SSSR count). The second-order valence-corrected chi connectivity index (χ2v) is 9.87. The molecular weight excluding hydrogens is 634 g/mol. The lowest BCUT2D eigenvalue weighted by Gasteiger charge is -2.20. The second kappa shape index (κ2) is 10.4. The van der Waals surface area contributed by atoms with E-state index in [9.17, 15) is 4.79 Å². The molecule has 8 heteroatoms. The van der Waals surface area contributed by atoms with Crippen LogP contribution in [0.2, 0.25) is 0 Å². The molecule has 1 fully saturated rings. The molecule has 0 aliphatic carbocycles. The molecule has 1 aliphatic rings. The number of nitrogens with one attached hydrogen (secondary N) is 1. The number of nitrogens with zero attached hydrogens (tertiary/aromatic N) is 1. The summed E-state index contributed by atoms with van der Waals surface area (Å²) in [4.78, 5) is 12.1. The zero-order chi connectivity index (χ0) is 22.6. The number of fused-ring (bicyclic) bond motifs is 1. The number of hydrogen-bond acceptors (Lipinski definition) is 5. The quantitative estimate of drug-likeness (QED) is 0.215. The summed E-state index contributed by atoms with van der Waals surface area (Å²) in [6.45, 7) is 3.24. The first-order chi connectivity index (χ1) is 15.4. The van der Waals surface area contributed by atoms with Gasteiger partial charge in [-0.25, -0.2) is 5.43 Å². The highest BCUT2D eigenvalue weighted by Gasteiger charge is 2.33. The summed E-state index contributed by atoms with van der Waals surface area (Å²) in [5, 5.41) is 6.47. The van der Waals surface area contributed by atoms with Gasteiger partial charge in [0.15, 0.2) is 5.79 Å². The number of benzene rings is 3. The van der Waals surface area contributed by atoms with Crippen molar-refractivity contribution in [3.8, 4) is 5.75 Å². The maximum atomic E-state index is 12.1. The third kappa shape index (κ3) is 5.77. The van der Waals surface area contributed by atoms with Crippen LogP contribution in [0.25, 0.3) is 10.8 Å². The van der Waals surface area contributed by atoms with Gasteiger partial charge in [0.05, 0.1) is 33.0 Å². The maximum Gasteiger partial charge on any atom is 0.245 e. The Balaban J connectivity index is 1.39. The Morgan fingerprint density at radius 3 is 2.56 bits per heavy atom. The fourth-order valence-electron chi connectivity index (χ4n) is 3.53. The van der Waals surface area contributed by atoms with Crippen LogP contribution in [0, 0.1) is 7.14 Å². The van der Waals surface area contributed by atoms with Crippen molar-refractivity contribution in [2.24, 2.45) is 5.10 Å². The van der Waals surface area contributed by atoms with Gasteiger partial charge in [-0.05, 0) is 86.1 Å². The zero-order valence-electron chi connectivity index (χ0n) is 17.4. The molecule has 166 valence electrons. The molecule has 32 heavy (non-hydrogen) atoms. The zero-order valence-corrected chi connectivity index (χ0v) is 21.8. The minimum Gasteiger partial charge on any atom is -0.487 e. The third-order valence-corrected chi connectivity index (χ3v) is 6.66. The van der Waals surface area contributed by atoms with Crippen LogP contribution in [-0.4, -0.2) is 31.1 Å². The van der Waals surface area contributed by atoms with Crippen LogP contribution in [0.5, 0.6) is 5.75 Å². The van der Waals surface area contributed by atoms with Gasteiger partial charge in [-0.15, -0.1) is 0 Å². The van der Waals surface area contributed by atoms with E-state index in [4.69, 9.17) is 14.2 Å². The maximum absolute atomic E-state index is 12.1. The van der Waals surface area contributed by atoms with Crippen LogP contribution in [0.4, 0.5) is 0 Å². The Kier molecular flexibility index (Phi) is 7.64. The van der Waals surface area contributed by atoms with Gasteiger partial charge in [-0.2, -0.15) is 5.10 Å². The monoisotopic (exact) mass is 656 g/mol. The SMILES string of the molecule is CC1(CC(=O)N/N=C\c2cc(I)c(OCc3cccc4ccccc34)c(I)c2)OCCO1. The van der Waals surface area contributed by atoms with Crippen LogP contribution in [0.15, 0.2) is 59.7 Å². The van der Waals surface area contributed by atoms with E-state index < -0.39 is 5.79 Å². The summed E-state index contributed by atoms with van der Waals surface area (Å²) >= 11 is 4.52. The number of hydrazone groups is 1. The second-order valence-electron chi connectivity index (χ2n) is 7.54. The fourth-order valence-corrected chi connectivity index (χ4v) is 5.66. The number of ether oxygens (including phenoxy) is 3. The molecule has 1 N–H and O–H groups in total. The molecule has 0 saturated carbocycles. The molecular formula is C24H22I2N2O4. The standard InChI is InChI=1S/C24H22I2N2O4/c1-24(31-9-10-32-24)13-22(29)28-27-14-16-11-20(25)23(21(26)12-16)30-15-18-7-4-6-17-5-2-3-8-19(17)18/h2-8,11-12,14H,9-10,13,15H2,1H3,(H,28,29)/b27-14-. The summed E-state index contributed by atoms with van der Waals surface area (Å²) in [7, 11) is 0. The number of hydrogen-bond donors (Lipinski definition) is 1. The Hall–Kier alpha value is -1.76. The predicted molar refractivity (Wildman–Crippen MR) is 141 cm³/mol. The van der Waals surface area contributed by atoms with Gasteiger partial charge in [0, 0.05) is 0 Å². The van der Waals surface area contributed by atoms with Gasteiger partial charge >= 0.3 is 0 Å². The van der Waals surface area contributed by atoms with Crippen molar-refractivity contribution in [2.45, 2.75) is 25.7 Å². The van der Waals surface area contributed by atoms with E-state index in [1.165, 1.54) is 10.8 Å². The molecule has 0 bridgehead atoms. The van der Waals surface area contributed by atoms with Crippen molar-refractivity contribution in [1.29, 1.82) is 0 Å². The van der Waals surface area contributed by atoms with Crippen molar-refractivity contribution in [2.75, 3.05) is 13.2 Å². The Bertz CT molecular complexity index is 1130. The van der Waals surface area contributed by atoms with Crippen LogP contribution in [0.1, 0.15) is 24.5 Å². The van der Waals surface area contributed by atoms with E-state index in [2.05, 4.69) is 86.0 Å². The highest BCUT2D eigenvalue weighted by Crippen LogP contribution is 2.30. The van der Waals surface area contributed by atoms with Crippen molar-refractivity contribution < 1.29 is 19.0 Å². The number of carbonyl (C=O) groups is 1. The first-order valence-corrected chi connectivity index (χ1v) is 12.3. The molecule has 0 radical (unpaired) electrons. The molecule has 1 amide bonds. The summed E-state index contributed by atoms with van der Waals surface area (Å²) < 4.78 is 19.0. The van der Waals surface area contributed by atoms with Crippen molar-refractivity contribution in [3.05, 3.63) is 72.9 Å². The largest absolute Gasteiger partial charge is 0.487 e. The molecule has 1 heterocycles. The normalized spacial score (nSPS) is 15.3. The molecule has 3 aromatic carbocycles. The van der Waals surface area contributed by atoms with E-state index >= 15 is 0 Å². The van der Waals surface area contributed by atoms with Gasteiger partial charge < -0.3 is 14.2 Å². The smallest absolute Gasteiger partial charge is 0.245 e. The van der Waals surface area contributed by atoms with Gasteiger partial charge in [-0.3, -0.25) is 4.79 Å². The lowest BCUT2D eigenvalue weighted by molar-refractivity contribution is -0.159. The predicted octanol–water partition coefficient (Wildman–Crippen LogP) is 5.23. The molecule has 0 aromatic heterocycles. The topological polar surface area (TPSA) is 69.2 Å². The molecule has 6 nitrogen and oxygen atoms in total. The Morgan fingerprint density at radius 2 is 1.81 bits per heavy atom. The van der Waals surface area contributed by atoms with Crippen molar-refractivity contribution >= 4 is 68.1 Å². The number of carbonyl (C=O) groups excluding carboxylic acids is 1. The van der Waals surface area contributed by atoms with Gasteiger partial charge in [0.1, 0.15) is 12.4 Å². The number of halogens is 2. The number of rotatable bonds is 7. The average Bonchev–Trinajstić information content (AvgIpc) is 3.19. The van der Waals surface area contributed by atoms with E-state index in [0.717, 1.165) is 24.0 Å². The van der Waals surface area contributed by atoms with E-state index in [-0.39, 0.29) is 12.3 Å². The van der Waals surface area contributed by atoms with Crippen LogP contribution >= 0.6 is 45.2 Å². The first-order valence-electron chi connectivity index (χ1n) is 10.1. The molecule has 3 aromatic rings. The Morgan fingerprint density at radius 1 is 1.12 bits per heavy atom. The van der Waals surface area contributed by atoms with Crippen molar-refractivity contribution in [3.63, 3.8) is 0 Å². The fraction of sp³-hybridized carbons (Fsp3) is 0.250. The highest BCUT2D eigenvalue weighted by molar-refractivity contribution is 14.1. The van der Waals surface area contributed by atoms with Gasteiger partial charge in [0.25, 0.3) is 0 Å². The van der Waals surface area contributed by atoms with Gasteiger partial charge in [-0.1, -0.05) is 42.5 Å². The lowest BCUT2D eigenvalue weighted by Crippen LogP contribution is -2.33. The number of amides is 1. The van der Waals surface area contributed by atoms with E-state index in [1.807, 2.05) is 24.3 Å². The van der Waals surface area contributed by atoms with E-state index in [1.54, 1.807) is 13.1 Å². The molecule has 0 unspecified atom stereocenters. The summed E-state index contributed by atoms with van der Waals surface area (Å²) in [5.74, 6) is -0.290. The molecule has 1 aliphatic heterocycles. The molecule has 0 spiro atoms. The van der Waals surface area contributed by atoms with Crippen LogP contribution in [-0.2, 0) is 20.9 Å². The third-order valence-electron chi connectivity index (χ3n) is 5.06. The summed E-state index contributed by atoms with van der Waals surface area (Å²) in [5.41, 5.74) is 4.55. The molecule has 0 atom stereocenters. The van der Waals surface area contributed by atoms with Crippen LogP contribution < -0.4 is 10.2 Å².